The van der Waals surface area contributed by atoms with E-state index in [9.17, 15) is 0 Å². The van der Waals surface area contributed by atoms with Gasteiger partial charge in [0.05, 0.1) is 17.1 Å². The van der Waals surface area contributed by atoms with Crippen molar-refractivity contribution in [2.75, 3.05) is 4.90 Å². The van der Waals surface area contributed by atoms with Gasteiger partial charge in [-0.05, 0) is 84.3 Å². The van der Waals surface area contributed by atoms with Gasteiger partial charge in [-0.1, -0.05) is 97.1 Å². The van der Waals surface area contributed by atoms with Crippen LogP contribution in [0.2, 0.25) is 0 Å². The lowest BCUT2D eigenvalue weighted by Gasteiger charge is -2.36. The molecule has 2 atom stereocenters. The summed E-state index contributed by atoms with van der Waals surface area (Å²) in [6, 6.07) is 50.3. The second-order valence-electron chi connectivity index (χ2n) is 12.8. The number of anilines is 2. The first-order valence-electron chi connectivity index (χ1n) is 16.0. The van der Waals surface area contributed by atoms with Crippen molar-refractivity contribution in [1.29, 1.82) is 0 Å². The number of aromatic nitrogens is 1. The van der Waals surface area contributed by atoms with Crippen LogP contribution in [0.4, 0.5) is 11.4 Å². The third kappa shape index (κ3) is 3.48. The Kier molecular flexibility index (Phi) is 5.19. The lowest BCUT2D eigenvalue weighted by molar-refractivity contribution is 0.553. The van der Waals surface area contributed by atoms with Gasteiger partial charge in [0.25, 0.3) is 0 Å². The molecular formula is C43H30N2O. The van der Waals surface area contributed by atoms with Crippen LogP contribution in [0.25, 0.3) is 55.0 Å². The SMILES string of the molecule is CC12C=C(c3ccc4c(c3)c3ccccc3n4-c3ccccc3)C=CC1N(c1ccc3oc4ccccc4c3c1)c1ccccc12. The van der Waals surface area contributed by atoms with E-state index in [2.05, 4.69) is 162 Å². The molecule has 0 fully saturated rings. The number of hydrogen-bond acceptors (Lipinski definition) is 2. The molecule has 0 N–H and O–H groups in total. The maximum Gasteiger partial charge on any atom is 0.135 e. The number of furan rings is 1. The summed E-state index contributed by atoms with van der Waals surface area (Å²) in [5.74, 6) is 0. The third-order valence-corrected chi connectivity index (χ3v) is 10.2. The van der Waals surface area contributed by atoms with Gasteiger partial charge in [-0.15, -0.1) is 0 Å². The smallest absolute Gasteiger partial charge is 0.135 e. The molecule has 1 aliphatic heterocycles. The minimum absolute atomic E-state index is 0.146. The van der Waals surface area contributed by atoms with Gasteiger partial charge < -0.3 is 13.9 Å². The number of hydrogen-bond donors (Lipinski definition) is 0. The molecule has 0 saturated carbocycles. The maximum absolute atomic E-state index is 6.17. The number of para-hydroxylation sites is 4. The zero-order chi connectivity index (χ0) is 30.4. The molecule has 0 saturated heterocycles. The van der Waals surface area contributed by atoms with Crippen molar-refractivity contribution in [3.8, 4) is 5.69 Å². The summed E-state index contributed by atoms with van der Waals surface area (Å²) in [6.07, 6.45) is 7.24. The average Bonchev–Trinajstić information content (AvgIpc) is 3.73. The van der Waals surface area contributed by atoms with E-state index in [1.54, 1.807) is 0 Å². The van der Waals surface area contributed by atoms with Crippen LogP contribution in [-0.4, -0.2) is 10.6 Å². The van der Waals surface area contributed by atoms with Crippen molar-refractivity contribution in [2.24, 2.45) is 0 Å². The molecule has 6 aromatic carbocycles. The molecule has 218 valence electrons. The van der Waals surface area contributed by atoms with Crippen LogP contribution in [-0.2, 0) is 5.41 Å². The van der Waals surface area contributed by atoms with E-state index in [0.29, 0.717) is 0 Å². The van der Waals surface area contributed by atoms with Crippen molar-refractivity contribution >= 4 is 60.7 Å². The van der Waals surface area contributed by atoms with Crippen LogP contribution >= 0.6 is 0 Å². The largest absolute Gasteiger partial charge is 0.456 e. The predicted octanol–water partition coefficient (Wildman–Crippen LogP) is 11.1. The molecule has 0 spiro atoms. The average molecular weight is 591 g/mol. The minimum Gasteiger partial charge on any atom is -0.456 e. The molecule has 46 heavy (non-hydrogen) atoms. The summed E-state index contributed by atoms with van der Waals surface area (Å²) >= 11 is 0. The van der Waals surface area contributed by atoms with Gasteiger partial charge in [-0.2, -0.15) is 0 Å². The van der Waals surface area contributed by atoms with Crippen LogP contribution in [0.1, 0.15) is 18.1 Å². The van der Waals surface area contributed by atoms with Crippen molar-refractivity contribution in [1.82, 2.24) is 4.57 Å². The molecule has 8 aromatic rings. The highest BCUT2D eigenvalue weighted by atomic mass is 16.3. The van der Waals surface area contributed by atoms with Crippen LogP contribution < -0.4 is 4.90 Å². The Morgan fingerprint density at radius 2 is 1.33 bits per heavy atom. The molecule has 1 aliphatic carbocycles. The molecule has 0 radical (unpaired) electrons. The first-order chi connectivity index (χ1) is 22.7. The first-order valence-corrected chi connectivity index (χ1v) is 16.0. The monoisotopic (exact) mass is 590 g/mol. The fraction of sp³-hybridized carbons (Fsp3) is 0.0698. The van der Waals surface area contributed by atoms with Crippen molar-refractivity contribution < 1.29 is 4.42 Å². The fourth-order valence-corrected chi connectivity index (χ4v) is 8.08. The van der Waals surface area contributed by atoms with Gasteiger partial charge >= 0.3 is 0 Å². The third-order valence-electron chi connectivity index (χ3n) is 10.2. The minimum atomic E-state index is -0.207. The molecule has 0 bridgehead atoms. The molecule has 2 aliphatic rings. The number of fused-ring (bicyclic) bond motifs is 9. The molecule has 2 unspecified atom stereocenters. The second-order valence-corrected chi connectivity index (χ2v) is 12.8. The number of benzene rings is 6. The van der Waals surface area contributed by atoms with E-state index in [4.69, 9.17) is 4.42 Å². The Morgan fingerprint density at radius 3 is 2.24 bits per heavy atom. The summed E-state index contributed by atoms with van der Waals surface area (Å²) in [5.41, 5.74) is 11.5. The zero-order valence-electron chi connectivity index (χ0n) is 25.4. The quantitative estimate of drug-likeness (QED) is 0.204. The van der Waals surface area contributed by atoms with Crippen LogP contribution in [0.15, 0.2) is 162 Å². The standard InChI is InChI=1S/C43H30N2O/c1-43-27-29(28-19-22-38-34(25-28)32-13-5-8-16-37(32)44(38)30-11-3-2-4-12-30)20-24-42(43)45(39-17-9-7-15-36(39)43)31-21-23-41-35(26-31)33-14-6-10-18-40(33)46-41/h2-27,42H,1H3. The predicted molar refractivity (Wildman–Crippen MR) is 191 cm³/mol. The normalized spacial score (nSPS) is 18.8. The number of allylic oxidation sites excluding steroid dienone is 2. The van der Waals surface area contributed by atoms with E-state index >= 15 is 0 Å². The zero-order valence-corrected chi connectivity index (χ0v) is 25.4. The van der Waals surface area contributed by atoms with Gasteiger partial charge in [0.2, 0.25) is 0 Å². The summed E-state index contributed by atoms with van der Waals surface area (Å²) in [4.78, 5) is 2.51. The van der Waals surface area contributed by atoms with E-state index < -0.39 is 0 Å². The van der Waals surface area contributed by atoms with Gasteiger partial charge in [-0.25, -0.2) is 0 Å². The van der Waals surface area contributed by atoms with Gasteiger partial charge in [0, 0.05) is 44.0 Å². The van der Waals surface area contributed by atoms with Gasteiger partial charge in [0.15, 0.2) is 0 Å². The maximum atomic E-state index is 6.17. The van der Waals surface area contributed by atoms with Crippen LogP contribution in [0, 0.1) is 0 Å². The topological polar surface area (TPSA) is 21.3 Å². The number of nitrogens with zero attached hydrogens (tertiary/aromatic N) is 2. The first kappa shape index (κ1) is 25.5. The highest BCUT2D eigenvalue weighted by Crippen LogP contribution is 2.53. The van der Waals surface area contributed by atoms with Crippen molar-refractivity contribution in [3.05, 3.63) is 169 Å². The molecule has 3 heteroatoms. The van der Waals surface area contributed by atoms with Crippen molar-refractivity contribution in [2.45, 2.75) is 18.4 Å². The number of rotatable bonds is 3. The second kappa shape index (κ2) is 9.35. The molecular weight excluding hydrogens is 560 g/mol. The molecule has 10 rings (SSSR count). The Hall–Kier alpha value is -5.80. The lowest BCUT2D eigenvalue weighted by atomic mass is 9.73. The van der Waals surface area contributed by atoms with E-state index in [-0.39, 0.29) is 11.5 Å². The summed E-state index contributed by atoms with van der Waals surface area (Å²) in [7, 11) is 0. The molecule has 3 heterocycles. The van der Waals surface area contributed by atoms with E-state index in [0.717, 1.165) is 21.9 Å². The van der Waals surface area contributed by atoms with Crippen molar-refractivity contribution in [3.63, 3.8) is 0 Å². The highest BCUT2D eigenvalue weighted by molar-refractivity contribution is 6.10. The molecule has 2 aromatic heterocycles. The summed E-state index contributed by atoms with van der Waals surface area (Å²) in [6.45, 7) is 2.39. The van der Waals surface area contributed by atoms with Gasteiger partial charge in [-0.3, -0.25) is 0 Å². The van der Waals surface area contributed by atoms with Gasteiger partial charge in [0.1, 0.15) is 11.2 Å². The molecule has 0 amide bonds. The summed E-state index contributed by atoms with van der Waals surface area (Å²) < 4.78 is 8.55. The fourth-order valence-electron chi connectivity index (χ4n) is 8.08. The summed E-state index contributed by atoms with van der Waals surface area (Å²) in [5, 5.41) is 4.85. The lowest BCUT2D eigenvalue weighted by Crippen LogP contribution is -2.39. The van der Waals surface area contributed by atoms with E-state index in [1.165, 1.54) is 55.6 Å². The van der Waals surface area contributed by atoms with Crippen LogP contribution in [0.5, 0.6) is 0 Å². The Labute approximate surface area is 266 Å². The van der Waals surface area contributed by atoms with E-state index in [1.807, 2.05) is 12.1 Å². The van der Waals surface area contributed by atoms with Crippen LogP contribution in [0.3, 0.4) is 0 Å². The Morgan fingerprint density at radius 1 is 0.587 bits per heavy atom. The molecule has 3 nitrogen and oxygen atoms in total. The highest BCUT2D eigenvalue weighted by Gasteiger charge is 2.47. The Balaban J connectivity index is 1.11. The Bertz CT molecular complexity index is 2570.